The number of hydrogen-bond donors (Lipinski definition) is 2. The fraction of sp³-hybridized carbons (Fsp3) is 0.267. The lowest BCUT2D eigenvalue weighted by Gasteiger charge is -2.14. The third-order valence-corrected chi connectivity index (χ3v) is 6.52. The number of sulfonamides is 1. The van der Waals surface area contributed by atoms with Gasteiger partial charge in [0.05, 0.1) is 21.0 Å². The van der Waals surface area contributed by atoms with Gasteiger partial charge in [-0.3, -0.25) is 4.79 Å². The van der Waals surface area contributed by atoms with Crippen LogP contribution >= 0.6 is 34.7 Å². The molecule has 0 spiro atoms. The Hall–Kier alpha value is -1.06. The maximum Gasteiger partial charge on any atom is 0.238 e. The summed E-state index contributed by atoms with van der Waals surface area (Å²) >= 11 is 8.88. The Kier molecular flexibility index (Phi) is 6.70. The Balaban J connectivity index is 1.82. The number of primary sulfonamides is 1. The number of halogens is 1. The van der Waals surface area contributed by atoms with Crippen molar-refractivity contribution in [2.24, 2.45) is 5.14 Å². The van der Waals surface area contributed by atoms with E-state index in [-0.39, 0.29) is 16.8 Å². The number of thiophene rings is 1. The molecule has 24 heavy (non-hydrogen) atoms. The van der Waals surface area contributed by atoms with Crippen LogP contribution in [0.5, 0.6) is 0 Å². The lowest BCUT2D eigenvalue weighted by molar-refractivity contribution is -0.119. The summed E-state index contributed by atoms with van der Waals surface area (Å²) in [6.07, 6.45) is 0. The summed E-state index contributed by atoms with van der Waals surface area (Å²) in [4.78, 5) is 13.2. The van der Waals surface area contributed by atoms with Gasteiger partial charge in [-0.25, -0.2) is 13.6 Å². The third kappa shape index (κ3) is 5.78. The van der Waals surface area contributed by atoms with Gasteiger partial charge in [-0.2, -0.15) is 0 Å². The molecule has 1 heterocycles. The molecule has 0 bridgehead atoms. The largest absolute Gasteiger partial charge is 0.349 e. The quantitative estimate of drug-likeness (QED) is 0.741. The molecule has 130 valence electrons. The van der Waals surface area contributed by atoms with E-state index in [0.717, 1.165) is 20.5 Å². The number of amides is 1. The highest BCUT2D eigenvalue weighted by Gasteiger charge is 2.12. The van der Waals surface area contributed by atoms with Gasteiger partial charge < -0.3 is 5.32 Å². The minimum atomic E-state index is -3.70. The van der Waals surface area contributed by atoms with E-state index >= 15 is 0 Å². The Bertz CT molecular complexity index is 804. The van der Waals surface area contributed by atoms with Gasteiger partial charge >= 0.3 is 0 Å². The number of benzene rings is 1. The van der Waals surface area contributed by atoms with Crippen molar-refractivity contribution in [3.63, 3.8) is 0 Å². The van der Waals surface area contributed by atoms with Gasteiger partial charge in [0, 0.05) is 10.6 Å². The first kappa shape index (κ1) is 19.3. The summed E-state index contributed by atoms with van der Waals surface area (Å²) in [6.45, 7) is 1.84. The molecule has 2 aromatic rings. The number of carbonyl (C=O) groups excluding carboxylic acids is 1. The summed E-state index contributed by atoms with van der Waals surface area (Å²) in [6, 6.07) is 9.73. The zero-order valence-electron chi connectivity index (χ0n) is 12.9. The molecule has 5 nitrogen and oxygen atoms in total. The van der Waals surface area contributed by atoms with E-state index in [9.17, 15) is 13.2 Å². The number of carbonyl (C=O) groups is 1. The van der Waals surface area contributed by atoms with E-state index in [1.807, 2.05) is 19.1 Å². The molecule has 1 atom stereocenters. The fourth-order valence-electron chi connectivity index (χ4n) is 1.99. The predicted molar refractivity (Wildman–Crippen MR) is 99.9 cm³/mol. The fourth-order valence-corrected chi connectivity index (χ4v) is 4.54. The molecule has 3 N–H and O–H groups in total. The Morgan fingerprint density at radius 2 is 1.96 bits per heavy atom. The summed E-state index contributed by atoms with van der Waals surface area (Å²) < 4.78 is 23.2. The molecule has 0 fully saturated rings. The van der Waals surface area contributed by atoms with Gasteiger partial charge in [0.15, 0.2) is 0 Å². The molecule has 2 rings (SSSR count). The molecule has 0 aliphatic rings. The SMILES string of the molecule is C[C@@H](NC(=O)CSCc1ccc(Cl)s1)c1ccc(S(N)(=O)=O)cc1. The van der Waals surface area contributed by atoms with Gasteiger partial charge in [0.25, 0.3) is 0 Å². The summed E-state index contributed by atoms with van der Waals surface area (Å²) in [5.74, 6) is 1.00. The van der Waals surface area contributed by atoms with E-state index in [2.05, 4.69) is 5.32 Å². The van der Waals surface area contributed by atoms with Crippen molar-refractivity contribution in [1.29, 1.82) is 0 Å². The molecule has 1 aromatic carbocycles. The zero-order valence-corrected chi connectivity index (χ0v) is 16.1. The lowest BCUT2D eigenvalue weighted by atomic mass is 10.1. The highest BCUT2D eigenvalue weighted by atomic mass is 35.5. The van der Waals surface area contributed by atoms with Gasteiger partial charge in [-0.1, -0.05) is 23.7 Å². The van der Waals surface area contributed by atoms with E-state index in [1.165, 1.54) is 35.2 Å². The average molecular weight is 405 g/mol. The normalized spacial score (nSPS) is 12.8. The lowest BCUT2D eigenvalue weighted by Crippen LogP contribution is -2.28. The molecular weight excluding hydrogens is 388 g/mol. The standard InChI is InChI=1S/C15H17ClN2O3S3/c1-10(11-2-5-13(6-3-11)24(17,20)21)18-15(19)9-22-8-12-4-7-14(16)23-12/h2-7,10H,8-9H2,1H3,(H,18,19)(H2,17,20,21)/t10-/m1/s1. The van der Waals surface area contributed by atoms with Crippen LogP contribution in [0.4, 0.5) is 0 Å². The van der Waals surface area contributed by atoms with Gasteiger partial charge in [0.2, 0.25) is 15.9 Å². The summed E-state index contributed by atoms with van der Waals surface area (Å²) in [5, 5.41) is 7.94. The predicted octanol–water partition coefficient (Wildman–Crippen LogP) is 3.16. The molecule has 0 saturated carbocycles. The monoisotopic (exact) mass is 404 g/mol. The maximum atomic E-state index is 12.0. The van der Waals surface area contributed by atoms with Crippen LogP contribution in [0.3, 0.4) is 0 Å². The van der Waals surface area contributed by atoms with Gasteiger partial charge in [-0.05, 0) is 36.8 Å². The van der Waals surface area contributed by atoms with Crippen LogP contribution in [0.15, 0.2) is 41.3 Å². The topological polar surface area (TPSA) is 89.3 Å². The Morgan fingerprint density at radius 1 is 1.29 bits per heavy atom. The van der Waals surface area contributed by atoms with Crippen molar-refractivity contribution in [3.8, 4) is 0 Å². The maximum absolute atomic E-state index is 12.0. The number of rotatable bonds is 7. The zero-order chi connectivity index (χ0) is 17.7. The smallest absolute Gasteiger partial charge is 0.238 e. The highest BCUT2D eigenvalue weighted by Crippen LogP contribution is 2.25. The van der Waals surface area contributed by atoms with Crippen LogP contribution in [0.2, 0.25) is 4.34 Å². The van der Waals surface area contributed by atoms with Crippen LogP contribution in [-0.2, 0) is 20.6 Å². The van der Waals surface area contributed by atoms with Crippen LogP contribution < -0.4 is 10.5 Å². The minimum Gasteiger partial charge on any atom is -0.349 e. The number of nitrogens with one attached hydrogen (secondary N) is 1. The van der Waals surface area contributed by atoms with E-state index < -0.39 is 10.0 Å². The number of thioether (sulfide) groups is 1. The van der Waals surface area contributed by atoms with Gasteiger partial charge in [0.1, 0.15) is 0 Å². The van der Waals surface area contributed by atoms with Crippen LogP contribution in [-0.4, -0.2) is 20.1 Å². The minimum absolute atomic E-state index is 0.0509. The second-order valence-corrected chi connectivity index (χ2v) is 9.45. The van der Waals surface area contributed by atoms with Crippen molar-refractivity contribution >= 4 is 50.6 Å². The van der Waals surface area contributed by atoms with Crippen molar-refractivity contribution in [2.75, 3.05) is 5.75 Å². The summed E-state index contributed by atoms with van der Waals surface area (Å²) in [7, 11) is -3.70. The summed E-state index contributed by atoms with van der Waals surface area (Å²) in [5.41, 5.74) is 0.811. The first-order valence-electron chi connectivity index (χ1n) is 7.00. The van der Waals surface area contributed by atoms with E-state index in [1.54, 1.807) is 12.1 Å². The van der Waals surface area contributed by atoms with Gasteiger partial charge in [-0.15, -0.1) is 23.1 Å². The molecule has 1 aromatic heterocycles. The molecule has 0 saturated heterocycles. The van der Waals surface area contributed by atoms with Crippen LogP contribution in [0.1, 0.15) is 23.4 Å². The molecule has 9 heteroatoms. The highest BCUT2D eigenvalue weighted by molar-refractivity contribution is 7.99. The third-order valence-electron chi connectivity index (χ3n) is 3.19. The molecule has 0 radical (unpaired) electrons. The Labute approximate surface area is 154 Å². The molecular formula is C15H17ClN2O3S3. The van der Waals surface area contributed by atoms with Crippen molar-refractivity contribution in [2.45, 2.75) is 23.6 Å². The van der Waals surface area contributed by atoms with Crippen LogP contribution in [0.25, 0.3) is 0 Å². The number of nitrogens with two attached hydrogens (primary N) is 1. The molecule has 0 aliphatic carbocycles. The first-order chi connectivity index (χ1) is 11.3. The average Bonchev–Trinajstić information content (AvgIpc) is 2.92. The second-order valence-electron chi connectivity index (χ2n) is 5.10. The molecule has 1 amide bonds. The Morgan fingerprint density at radius 3 is 2.50 bits per heavy atom. The van der Waals surface area contributed by atoms with Crippen molar-refractivity contribution in [1.82, 2.24) is 5.32 Å². The molecule has 0 unspecified atom stereocenters. The van der Waals surface area contributed by atoms with Crippen LogP contribution in [0, 0.1) is 0 Å². The second kappa shape index (κ2) is 8.35. The van der Waals surface area contributed by atoms with E-state index in [4.69, 9.17) is 16.7 Å². The van der Waals surface area contributed by atoms with Crippen molar-refractivity contribution in [3.05, 3.63) is 51.2 Å². The first-order valence-corrected chi connectivity index (χ1v) is 10.9. The van der Waals surface area contributed by atoms with Crippen molar-refractivity contribution < 1.29 is 13.2 Å². The molecule has 0 aliphatic heterocycles. The number of hydrogen-bond acceptors (Lipinski definition) is 5. The van der Waals surface area contributed by atoms with E-state index in [0.29, 0.717) is 5.75 Å².